The van der Waals surface area contributed by atoms with Gasteiger partial charge in [-0.05, 0) is 43.0 Å². The zero-order chi connectivity index (χ0) is 17.5. The molecule has 2 aromatic rings. The fourth-order valence-electron chi connectivity index (χ4n) is 1.84. The van der Waals surface area contributed by atoms with Crippen LogP contribution in [0.3, 0.4) is 0 Å². The van der Waals surface area contributed by atoms with E-state index in [1.807, 2.05) is 30.3 Å². The van der Waals surface area contributed by atoms with Crippen molar-refractivity contribution < 1.29 is 14.3 Å². The first kappa shape index (κ1) is 17.9. The van der Waals surface area contributed by atoms with Gasteiger partial charge in [0.25, 0.3) is 11.1 Å². The van der Waals surface area contributed by atoms with Crippen molar-refractivity contribution >= 4 is 28.6 Å². The van der Waals surface area contributed by atoms with Crippen LogP contribution in [0.15, 0.2) is 59.5 Å². The SMILES string of the molecule is C[C@@H](Oc1ccccc1)C(=O)Nc1ccccc1SC(=O)N(C)C. The molecule has 0 unspecified atom stereocenters. The molecule has 0 aliphatic carbocycles. The average molecular weight is 344 g/mol. The molecule has 0 saturated heterocycles. The number of benzene rings is 2. The molecule has 1 atom stereocenters. The fourth-order valence-corrected chi connectivity index (χ4v) is 2.58. The van der Waals surface area contributed by atoms with Crippen LogP contribution in [0.4, 0.5) is 10.5 Å². The lowest BCUT2D eigenvalue weighted by Gasteiger charge is -2.17. The van der Waals surface area contributed by atoms with Crippen molar-refractivity contribution in [1.82, 2.24) is 4.90 Å². The number of hydrogen-bond donors (Lipinski definition) is 1. The monoisotopic (exact) mass is 344 g/mol. The molecule has 0 aliphatic heterocycles. The lowest BCUT2D eigenvalue weighted by molar-refractivity contribution is -0.122. The van der Waals surface area contributed by atoms with Gasteiger partial charge in [-0.2, -0.15) is 0 Å². The van der Waals surface area contributed by atoms with E-state index >= 15 is 0 Å². The topological polar surface area (TPSA) is 58.6 Å². The summed E-state index contributed by atoms with van der Waals surface area (Å²) in [6.45, 7) is 1.68. The lowest BCUT2D eigenvalue weighted by Crippen LogP contribution is -2.30. The average Bonchev–Trinajstić information content (AvgIpc) is 2.57. The first-order valence-electron chi connectivity index (χ1n) is 7.48. The van der Waals surface area contributed by atoms with Gasteiger partial charge in [0.15, 0.2) is 6.10 Å². The van der Waals surface area contributed by atoms with Crippen LogP contribution >= 0.6 is 11.8 Å². The van der Waals surface area contributed by atoms with Crippen molar-refractivity contribution in [3.8, 4) is 5.75 Å². The molecular formula is C18H20N2O3S. The number of rotatable bonds is 5. The zero-order valence-corrected chi connectivity index (χ0v) is 14.7. The Morgan fingerprint density at radius 1 is 1.04 bits per heavy atom. The van der Waals surface area contributed by atoms with Gasteiger partial charge in [-0.15, -0.1) is 0 Å². The van der Waals surface area contributed by atoms with Crippen LogP contribution in [-0.2, 0) is 4.79 Å². The number of nitrogens with zero attached hydrogens (tertiary/aromatic N) is 1. The molecule has 2 rings (SSSR count). The highest BCUT2D eigenvalue weighted by Gasteiger charge is 2.17. The third-order valence-corrected chi connectivity index (χ3v) is 4.25. The predicted octanol–water partition coefficient (Wildman–Crippen LogP) is 3.87. The summed E-state index contributed by atoms with van der Waals surface area (Å²) in [5.41, 5.74) is 0.589. The minimum Gasteiger partial charge on any atom is -0.481 e. The minimum atomic E-state index is -0.657. The number of carbonyl (C=O) groups excluding carboxylic acids is 2. The van der Waals surface area contributed by atoms with Gasteiger partial charge in [-0.25, -0.2) is 0 Å². The van der Waals surface area contributed by atoms with Crippen LogP contribution in [-0.4, -0.2) is 36.2 Å². The number of hydrogen-bond acceptors (Lipinski definition) is 4. The summed E-state index contributed by atoms with van der Waals surface area (Å²) in [5, 5.41) is 2.71. The van der Waals surface area contributed by atoms with Crippen LogP contribution in [0.1, 0.15) is 6.92 Å². The van der Waals surface area contributed by atoms with Gasteiger partial charge < -0.3 is 15.0 Å². The van der Waals surface area contributed by atoms with E-state index in [1.54, 1.807) is 45.3 Å². The van der Waals surface area contributed by atoms with Crippen LogP contribution in [0.25, 0.3) is 0 Å². The third kappa shape index (κ3) is 5.03. The van der Waals surface area contributed by atoms with E-state index in [0.717, 1.165) is 11.8 Å². The molecular weight excluding hydrogens is 324 g/mol. The molecule has 0 aliphatic rings. The molecule has 0 saturated carbocycles. The number of thioether (sulfide) groups is 1. The highest BCUT2D eigenvalue weighted by Crippen LogP contribution is 2.28. The molecule has 0 fully saturated rings. The van der Waals surface area contributed by atoms with Crippen molar-refractivity contribution in [3.63, 3.8) is 0 Å². The third-order valence-electron chi connectivity index (χ3n) is 3.13. The summed E-state index contributed by atoms with van der Waals surface area (Å²) in [7, 11) is 3.37. The smallest absolute Gasteiger partial charge is 0.286 e. The van der Waals surface area contributed by atoms with Gasteiger partial charge in [0, 0.05) is 19.0 Å². The van der Waals surface area contributed by atoms with E-state index < -0.39 is 6.10 Å². The van der Waals surface area contributed by atoms with Crippen LogP contribution in [0.2, 0.25) is 0 Å². The molecule has 2 aromatic carbocycles. The number of ether oxygens (including phenoxy) is 1. The Labute approximate surface area is 146 Å². The Balaban J connectivity index is 2.04. The van der Waals surface area contributed by atoms with Crippen molar-refractivity contribution in [2.45, 2.75) is 17.9 Å². The maximum atomic E-state index is 12.3. The number of carbonyl (C=O) groups is 2. The van der Waals surface area contributed by atoms with Gasteiger partial charge in [0.05, 0.1) is 5.69 Å². The van der Waals surface area contributed by atoms with E-state index in [2.05, 4.69) is 5.32 Å². The maximum absolute atomic E-state index is 12.3. The van der Waals surface area contributed by atoms with E-state index in [0.29, 0.717) is 16.3 Å². The predicted molar refractivity (Wildman–Crippen MR) is 96.5 cm³/mol. The Kier molecular flexibility index (Phi) is 6.26. The first-order valence-corrected chi connectivity index (χ1v) is 8.29. The molecule has 0 radical (unpaired) electrons. The van der Waals surface area contributed by atoms with Crippen LogP contribution in [0, 0.1) is 0 Å². The molecule has 2 amide bonds. The lowest BCUT2D eigenvalue weighted by atomic mass is 10.3. The van der Waals surface area contributed by atoms with Crippen molar-refractivity contribution in [2.75, 3.05) is 19.4 Å². The Hall–Kier alpha value is -2.47. The Bertz CT molecular complexity index is 704. The number of anilines is 1. The number of nitrogens with one attached hydrogen (secondary N) is 1. The molecule has 126 valence electrons. The fraction of sp³-hybridized carbons (Fsp3) is 0.222. The first-order chi connectivity index (χ1) is 11.5. The highest BCUT2D eigenvalue weighted by atomic mass is 32.2. The van der Waals surface area contributed by atoms with Crippen LogP contribution < -0.4 is 10.1 Å². The summed E-state index contributed by atoms with van der Waals surface area (Å²) < 4.78 is 5.61. The van der Waals surface area contributed by atoms with E-state index in [-0.39, 0.29) is 11.1 Å². The minimum absolute atomic E-state index is 0.106. The molecule has 6 heteroatoms. The second kappa shape index (κ2) is 8.40. The van der Waals surface area contributed by atoms with E-state index in [4.69, 9.17) is 4.74 Å². The van der Waals surface area contributed by atoms with Gasteiger partial charge in [0.2, 0.25) is 0 Å². The normalized spacial score (nSPS) is 11.5. The summed E-state index contributed by atoms with van der Waals surface area (Å²) in [6, 6.07) is 16.4. The molecule has 5 nitrogen and oxygen atoms in total. The Morgan fingerprint density at radius 3 is 2.33 bits per heavy atom. The summed E-state index contributed by atoms with van der Waals surface area (Å²) in [5.74, 6) is 0.356. The van der Waals surface area contributed by atoms with Gasteiger partial charge in [0.1, 0.15) is 5.75 Å². The zero-order valence-electron chi connectivity index (χ0n) is 13.9. The second-order valence-electron chi connectivity index (χ2n) is 5.32. The van der Waals surface area contributed by atoms with Gasteiger partial charge in [-0.1, -0.05) is 30.3 Å². The summed E-state index contributed by atoms with van der Waals surface area (Å²) in [6.07, 6.45) is -0.657. The molecule has 1 N–H and O–H groups in total. The highest BCUT2D eigenvalue weighted by molar-refractivity contribution is 8.13. The molecule has 0 spiro atoms. The second-order valence-corrected chi connectivity index (χ2v) is 6.31. The molecule has 0 bridgehead atoms. The largest absolute Gasteiger partial charge is 0.481 e. The summed E-state index contributed by atoms with van der Waals surface area (Å²) >= 11 is 1.07. The van der Waals surface area contributed by atoms with Crippen LogP contribution in [0.5, 0.6) is 5.75 Å². The summed E-state index contributed by atoms with van der Waals surface area (Å²) in [4.78, 5) is 26.4. The standard InChI is InChI=1S/C18H20N2O3S/c1-13(23-14-9-5-4-6-10-14)17(21)19-15-11-7-8-12-16(15)24-18(22)20(2)3/h4-13H,1-3H3,(H,19,21)/t13-/m1/s1. The molecule has 0 heterocycles. The van der Waals surface area contributed by atoms with E-state index in [1.165, 1.54) is 4.90 Å². The van der Waals surface area contributed by atoms with Gasteiger partial charge in [-0.3, -0.25) is 9.59 Å². The van der Waals surface area contributed by atoms with Crippen molar-refractivity contribution in [1.29, 1.82) is 0 Å². The van der Waals surface area contributed by atoms with Crippen molar-refractivity contribution in [3.05, 3.63) is 54.6 Å². The quantitative estimate of drug-likeness (QED) is 0.837. The van der Waals surface area contributed by atoms with Crippen molar-refractivity contribution in [2.24, 2.45) is 0 Å². The Morgan fingerprint density at radius 2 is 1.67 bits per heavy atom. The molecule has 0 aromatic heterocycles. The number of para-hydroxylation sites is 2. The molecule has 24 heavy (non-hydrogen) atoms. The maximum Gasteiger partial charge on any atom is 0.286 e. The number of amides is 2. The van der Waals surface area contributed by atoms with E-state index in [9.17, 15) is 9.59 Å². The van der Waals surface area contributed by atoms with Gasteiger partial charge >= 0.3 is 0 Å².